The van der Waals surface area contributed by atoms with Gasteiger partial charge >= 0.3 is 5.69 Å². The zero-order chi connectivity index (χ0) is 22.9. The molecule has 0 atom stereocenters. The normalized spacial score (nSPS) is 13.8. The van der Waals surface area contributed by atoms with E-state index in [1.54, 1.807) is 4.57 Å². The first-order valence-corrected chi connectivity index (χ1v) is 12.5. The van der Waals surface area contributed by atoms with Gasteiger partial charge in [0.2, 0.25) is 5.16 Å². The molecule has 3 aromatic heterocycles. The van der Waals surface area contributed by atoms with Crippen LogP contribution in [0, 0.1) is 0 Å². The van der Waals surface area contributed by atoms with Crippen LogP contribution in [0.1, 0.15) is 57.1 Å². The maximum absolute atomic E-state index is 12.6. The Balaban J connectivity index is 1.48. The lowest BCUT2D eigenvalue weighted by molar-refractivity contribution is 0.613. The molecule has 9 nitrogen and oxygen atoms in total. The van der Waals surface area contributed by atoms with Gasteiger partial charge in [-0.05, 0) is 38.3 Å². The van der Waals surface area contributed by atoms with Crippen LogP contribution in [-0.2, 0) is 18.8 Å². The number of imidazole rings is 1. The van der Waals surface area contributed by atoms with Gasteiger partial charge in [0, 0.05) is 19.0 Å². The first kappa shape index (κ1) is 21.7. The molecule has 4 aromatic rings. The Morgan fingerprint density at radius 1 is 1.09 bits per heavy atom. The summed E-state index contributed by atoms with van der Waals surface area (Å²) in [5.74, 6) is 2.70. The van der Waals surface area contributed by atoms with E-state index in [-0.39, 0.29) is 0 Å². The molecule has 0 unspecified atom stereocenters. The summed E-state index contributed by atoms with van der Waals surface area (Å²) in [6.45, 7) is 5.16. The standard InChI is InChI=1S/C23H27N7O2S/c1-3-5-13-29-20-18(21(31)26-23(29)32)28(4-2)17(24-20)14-33-22-25-19(15-11-12-15)30(27-22)16-9-7-6-8-10-16/h6-10,15H,3-5,11-14H2,1-2H3,(H,26,31,32). The van der Waals surface area contributed by atoms with E-state index in [0.29, 0.717) is 41.1 Å². The van der Waals surface area contributed by atoms with Gasteiger partial charge in [-0.3, -0.25) is 14.3 Å². The summed E-state index contributed by atoms with van der Waals surface area (Å²) in [7, 11) is 0. The lowest BCUT2D eigenvalue weighted by atomic mass is 10.3. The first-order chi connectivity index (χ1) is 16.1. The maximum atomic E-state index is 12.6. The van der Waals surface area contributed by atoms with Crippen molar-refractivity contribution in [1.29, 1.82) is 0 Å². The maximum Gasteiger partial charge on any atom is 0.330 e. The summed E-state index contributed by atoms with van der Waals surface area (Å²) in [4.78, 5) is 37.0. The molecule has 10 heteroatoms. The predicted octanol–water partition coefficient (Wildman–Crippen LogP) is 3.46. The number of hydrogen-bond acceptors (Lipinski definition) is 6. The van der Waals surface area contributed by atoms with Gasteiger partial charge in [-0.1, -0.05) is 43.3 Å². The van der Waals surface area contributed by atoms with Gasteiger partial charge in [0.15, 0.2) is 11.2 Å². The number of unbranched alkanes of at least 4 members (excludes halogenated alkanes) is 1. The number of aryl methyl sites for hydroxylation is 2. The van der Waals surface area contributed by atoms with Crippen LogP contribution < -0.4 is 11.2 Å². The molecule has 1 fully saturated rings. The largest absolute Gasteiger partial charge is 0.330 e. The van der Waals surface area contributed by atoms with E-state index < -0.39 is 11.2 Å². The van der Waals surface area contributed by atoms with Crippen molar-refractivity contribution in [1.82, 2.24) is 33.9 Å². The third-order valence-electron chi connectivity index (χ3n) is 5.90. The molecule has 0 amide bonds. The van der Waals surface area contributed by atoms with Crippen molar-refractivity contribution in [2.45, 2.75) is 69.4 Å². The van der Waals surface area contributed by atoms with Gasteiger partial charge in [0.25, 0.3) is 5.56 Å². The fraction of sp³-hybridized carbons (Fsp3) is 0.435. The molecule has 0 saturated heterocycles. The van der Waals surface area contributed by atoms with Crippen molar-refractivity contribution >= 4 is 22.9 Å². The van der Waals surface area contributed by atoms with E-state index in [9.17, 15) is 9.59 Å². The zero-order valence-electron chi connectivity index (χ0n) is 18.8. The van der Waals surface area contributed by atoms with E-state index in [0.717, 1.165) is 43.0 Å². The molecule has 1 aromatic carbocycles. The molecule has 0 aliphatic heterocycles. The first-order valence-electron chi connectivity index (χ1n) is 11.5. The van der Waals surface area contributed by atoms with Gasteiger partial charge in [-0.15, -0.1) is 5.10 Å². The van der Waals surface area contributed by atoms with Crippen LogP contribution in [-0.4, -0.2) is 33.9 Å². The molecule has 1 aliphatic rings. The average molecular weight is 466 g/mol. The van der Waals surface area contributed by atoms with Crippen LogP contribution in [0.3, 0.4) is 0 Å². The SMILES string of the molecule is CCCCn1c(=O)[nH]c(=O)c2c1nc(CSc1nc(C3CC3)n(-c3ccccc3)n1)n2CC. The highest BCUT2D eigenvalue weighted by molar-refractivity contribution is 7.98. The number of H-pyrrole nitrogens is 1. The Hall–Kier alpha value is -3.14. The number of aromatic amines is 1. The Morgan fingerprint density at radius 3 is 2.58 bits per heavy atom. The van der Waals surface area contributed by atoms with Gasteiger partial charge in [-0.25, -0.2) is 19.4 Å². The van der Waals surface area contributed by atoms with Crippen LogP contribution in [0.15, 0.2) is 45.1 Å². The molecule has 172 valence electrons. The quantitative estimate of drug-likeness (QED) is 0.380. The third kappa shape index (κ3) is 4.15. The molecule has 1 N–H and O–H groups in total. The number of aromatic nitrogens is 7. The smallest absolute Gasteiger partial charge is 0.322 e. The van der Waals surface area contributed by atoms with Gasteiger partial charge in [-0.2, -0.15) is 0 Å². The number of nitrogens with one attached hydrogen (secondary N) is 1. The highest BCUT2D eigenvalue weighted by atomic mass is 32.2. The lowest BCUT2D eigenvalue weighted by Gasteiger charge is -2.06. The summed E-state index contributed by atoms with van der Waals surface area (Å²) in [6.07, 6.45) is 4.07. The Kier molecular flexibility index (Phi) is 5.92. The Bertz CT molecular complexity index is 1400. The molecule has 5 rings (SSSR count). The van der Waals surface area contributed by atoms with E-state index in [2.05, 4.69) is 11.9 Å². The summed E-state index contributed by atoms with van der Waals surface area (Å²) in [5.41, 5.74) is 1.11. The number of para-hydroxylation sites is 1. The highest BCUT2D eigenvalue weighted by Crippen LogP contribution is 2.40. The van der Waals surface area contributed by atoms with Crippen LogP contribution in [0.25, 0.3) is 16.9 Å². The monoisotopic (exact) mass is 465 g/mol. The lowest BCUT2D eigenvalue weighted by Crippen LogP contribution is -2.31. The van der Waals surface area contributed by atoms with E-state index in [1.807, 2.05) is 46.5 Å². The van der Waals surface area contributed by atoms with E-state index >= 15 is 0 Å². The summed E-state index contributed by atoms with van der Waals surface area (Å²) >= 11 is 1.50. The average Bonchev–Trinajstić information content (AvgIpc) is 3.47. The van der Waals surface area contributed by atoms with Gasteiger partial charge in [0.1, 0.15) is 11.6 Å². The number of fused-ring (bicyclic) bond motifs is 1. The van der Waals surface area contributed by atoms with Crippen LogP contribution in [0.4, 0.5) is 0 Å². The van der Waals surface area contributed by atoms with Crippen molar-refractivity contribution in [3.8, 4) is 5.69 Å². The number of hydrogen-bond donors (Lipinski definition) is 1. The molecular formula is C23H27N7O2S. The topological polar surface area (TPSA) is 103 Å². The fourth-order valence-corrected chi connectivity index (χ4v) is 4.83. The molecule has 33 heavy (non-hydrogen) atoms. The molecule has 0 spiro atoms. The number of benzene rings is 1. The second-order valence-corrected chi connectivity index (χ2v) is 9.21. The fourth-order valence-electron chi connectivity index (χ4n) is 4.05. The molecule has 3 heterocycles. The molecule has 0 radical (unpaired) electrons. The minimum absolute atomic E-state index is 0.393. The number of nitrogens with zero attached hydrogens (tertiary/aromatic N) is 6. The zero-order valence-corrected chi connectivity index (χ0v) is 19.6. The second kappa shape index (κ2) is 9.01. The van der Waals surface area contributed by atoms with Gasteiger partial charge in [0.05, 0.1) is 11.4 Å². The van der Waals surface area contributed by atoms with Crippen LogP contribution in [0.2, 0.25) is 0 Å². The van der Waals surface area contributed by atoms with E-state index in [1.165, 1.54) is 11.8 Å². The molecule has 1 saturated carbocycles. The van der Waals surface area contributed by atoms with Crippen molar-refractivity contribution in [3.05, 3.63) is 62.8 Å². The Labute approximate surface area is 194 Å². The summed E-state index contributed by atoms with van der Waals surface area (Å²) < 4.78 is 5.41. The minimum Gasteiger partial charge on any atom is -0.322 e. The Morgan fingerprint density at radius 2 is 1.88 bits per heavy atom. The summed E-state index contributed by atoms with van der Waals surface area (Å²) in [5, 5.41) is 5.45. The minimum atomic E-state index is -0.404. The predicted molar refractivity (Wildman–Crippen MR) is 128 cm³/mol. The number of thioether (sulfide) groups is 1. The van der Waals surface area contributed by atoms with Gasteiger partial charge < -0.3 is 4.57 Å². The molecule has 0 bridgehead atoms. The van der Waals surface area contributed by atoms with E-state index in [4.69, 9.17) is 15.1 Å². The van der Waals surface area contributed by atoms with Crippen molar-refractivity contribution in [3.63, 3.8) is 0 Å². The van der Waals surface area contributed by atoms with Crippen molar-refractivity contribution in [2.24, 2.45) is 0 Å². The molecule has 1 aliphatic carbocycles. The molecular weight excluding hydrogens is 438 g/mol. The second-order valence-electron chi connectivity index (χ2n) is 8.27. The summed E-state index contributed by atoms with van der Waals surface area (Å²) in [6, 6.07) is 10.1. The number of rotatable bonds is 9. The van der Waals surface area contributed by atoms with Crippen molar-refractivity contribution in [2.75, 3.05) is 0 Å². The highest BCUT2D eigenvalue weighted by Gasteiger charge is 2.30. The van der Waals surface area contributed by atoms with Crippen molar-refractivity contribution < 1.29 is 0 Å². The van der Waals surface area contributed by atoms with Crippen LogP contribution >= 0.6 is 11.8 Å². The van der Waals surface area contributed by atoms with Crippen LogP contribution in [0.5, 0.6) is 0 Å². The third-order valence-corrected chi connectivity index (χ3v) is 6.74.